The number of fused-ring (bicyclic) bond motifs is 1. The second-order valence-corrected chi connectivity index (χ2v) is 9.96. The van der Waals surface area contributed by atoms with E-state index in [1.54, 1.807) is 6.92 Å². The van der Waals surface area contributed by atoms with Gasteiger partial charge in [0.05, 0.1) is 6.42 Å². The minimum Gasteiger partial charge on any atom is -0.341 e. The summed E-state index contributed by atoms with van der Waals surface area (Å²) in [6.07, 6.45) is 0.245. The first-order valence-corrected chi connectivity index (χ1v) is 11.1. The number of β-lactam (4-membered cyclic amide) rings is 1. The Kier molecular flexibility index (Phi) is 5.41. The topological polar surface area (TPSA) is 84.9 Å². The van der Waals surface area contributed by atoms with Gasteiger partial charge in [-0.1, -0.05) is 6.07 Å². The first-order chi connectivity index (χ1) is 11.9. The summed E-state index contributed by atoms with van der Waals surface area (Å²) >= 11 is 3.03. The number of hydrogen-bond acceptors (Lipinski definition) is 7. The third kappa shape index (κ3) is 3.31. The van der Waals surface area contributed by atoms with Gasteiger partial charge in [-0.3, -0.25) is 19.1 Å². The van der Waals surface area contributed by atoms with Crippen molar-refractivity contribution in [1.82, 2.24) is 10.2 Å². The zero-order chi connectivity index (χ0) is 18.2. The maximum Gasteiger partial charge on any atom is 0.377 e. The molecule has 1 fully saturated rings. The molecule has 2 atom stereocenters. The first-order valence-electron chi connectivity index (χ1n) is 7.59. The Hall–Kier alpha value is -1.12. The molecule has 2 amide bonds. The predicted molar refractivity (Wildman–Crippen MR) is 97.4 cm³/mol. The van der Waals surface area contributed by atoms with Gasteiger partial charge in [-0.25, -0.2) is 0 Å². The molecule has 0 saturated carbocycles. The van der Waals surface area contributed by atoms with Crippen LogP contribution in [0.2, 0.25) is 0 Å². The van der Waals surface area contributed by atoms with E-state index >= 15 is 0 Å². The number of nitrogens with one attached hydrogen (secondary N) is 1. The lowest BCUT2D eigenvalue weighted by Gasteiger charge is -2.50. The number of carbonyl (C=O) groups excluding carboxylic acids is 2. The molecule has 3 heterocycles. The molecule has 0 aliphatic carbocycles. The molecule has 1 aromatic rings. The van der Waals surface area contributed by atoms with Gasteiger partial charge in [0, 0.05) is 24.8 Å². The van der Waals surface area contributed by atoms with Gasteiger partial charge in [-0.05, 0) is 23.9 Å². The number of nitrogens with zero attached hydrogens (tertiary/aromatic N) is 1. The van der Waals surface area contributed by atoms with Crippen LogP contribution in [0.25, 0.3) is 0 Å². The highest BCUT2D eigenvalue weighted by molar-refractivity contribution is 8.00. The number of hydrogen-bond donors (Lipinski definition) is 1. The normalized spacial score (nSPS) is 23.3. The minimum atomic E-state index is -3.54. The third-order valence-corrected chi connectivity index (χ3v) is 8.47. The maximum atomic E-state index is 12.8. The highest BCUT2D eigenvalue weighted by Crippen LogP contribution is 2.61. The fraction of sp³-hybridized carbons (Fsp3) is 0.467. The lowest BCUT2D eigenvalue weighted by atomic mass is 10.1. The Bertz CT molecular complexity index is 756. The number of thioether (sulfide) groups is 1. The van der Waals surface area contributed by atoms with Gasteiger partial charge in [0.2, 0.25) is 5.91 Å². The molecule has 0 spiro atoms. The van der Waals surface area contributed by atoms with Crippen molar-refractivity contribution >= 4 is 42.5 Å². The van der Waals surface area contributed by atoms with Gasteiger partial charge in [-0.2, -0.15) is 0 Å². The lowest BCUT2D eigenvalue weighted by Crippen LogP contribution is -2.69. The zero-order valence-corrected chi connectivity index (χ0v) is 16.6. The monoisotopic (exact) mass is 402 g/mol. The van der Waals surface area contributed by atoms with Crippen LogP contribution in [0.15, 0.2) is 28.5 Å². The van der Waals surface area contributed by atoms with Crippen LogP contribution in [-0.4, -0.2) is 48.1 Å². The third-order valence-electron chi connectivity index (χ3n) is 4.10. The van der Waals surface area contributed by atoms with E-state index in [2.05, 4.69) is 5.32 Å². The second-order valence-electron chi connectivity index (χ2n) is 5.68. The van der Waals surface area contributed by atoms with E-state index in [0.717, 1.165) is 10.5 Å². The summed E-state index contributed by atoms with van der Waals surface area (Å²) in [7, 11) is -0.944. The van der Waals surface area contributed by atoms with Crippen LogP contribution in [-0.2, 0) is 29.6 Å². The highest BCUT2D eigenvalue weighted by Gasteiger charge is 2.56. The quantitative estimate of drug-likeness (QED) is 0.581. The Morgan fingerprint density at radius 2 is 2.16 bits per heavy atom. The van der Waals surface area contributed by atoms with E-state index in [0.29, 0.717) is 11.2 Å². The Morgan fingerprint density at radius 1 is 1.44 bits per heavy atom. The van der Waals surface area contributed by atoms with Gasteiger partial charge in [-0.15, -0.1) is 23.1 Å². The molecule has 7 nitrogen and oxygen atoms in total. The molecule has 0 unspecified atom stereocenters. The summed E-state index contributed by atoms with van der Waals surface area (Å²) in [6.45, 7) is 1.80. The fourth-order valence-corrected chi connectivity index (χ4v) is 6.59. The van der Waals surface area contributed by atoms with Crippen LogP contribution in [0, 0.1) is 0 Å². The number of thiophene rings is 1. The van der Waals surface area contributed by atoms with E-state index in [-0.39, 0.29) is 23.6 Å². The van der Waals surface area contributed by atoms with Crippen molar-refractivity contribution in [1.29, 1.82) is 0 Å². The molecule has 1 saturated heterocycles. The molecule has 1 aromatic heterocycles. The molecule has 136 valence electrons. The summed E-state index contributed by atoms with van der Waals surface area (Å²) in [5, 5.41) is 4.40. The molecule has 2 aliphatic rings. The van der Waals surface area contributed by atoms with Crippen LogP contribution in [0.5, 0.6) is 0 Å². The molecule has 3 rings (SSSR count). The predicted octanol–water partition coefficient (Wildman–Crippen LogP) is 2.41. The largest absolute Gasteiger partial charge is 0.377 e. The summed E-state index contributed by atoms with van der Waals surface area (Å²) in [5.74, 6) is 0.105. The number of carbonyl (C=O) groups is 2. The van der Waals surface area contributed by atoms with Crippen molar-refractivity contribution in [2.75, 3.05) is 20.0 Å². The van der Waals surface area contributed by atoms with Gasteiger partial charge in [0.15, 0.2) is 0 Å². The summed E-state index contributed by atoms with van der Waals surface area (Å²) in [4.78, 5) is 27.2. The summed E-state index contributed by atoms with van der Waals surface area (Å²) < 4.78 is 22.9. The number of rotatable bonds is 6. The van der Waals surface area contributed by atoms with Crippen molar-refractivity contribution in [3.8, 4) is 0 Å². The van der Waals surface area contributed by atoms with Crippen LogP contribution in [0.4, 0.5) is 0 Å². The van der Waals surface area contributed by atoms with Crippen molar-refractivity contribution in [3.05, 3.63) is 33.4 Å². The molecule has 0 bridgehead atoms. The van der Waals surface area contributed by atoms with E-state index < -0.39 is 13.6 Å². The minimum absolute atomic E-state index is 0.199. The molecular weight excluding hydrogens is 383 g/mol. The molecule has 0 aromatic carbocycles. The smallest absolute Gasteiger partial charge is 0.341 e. The van der Waals surface area contributed by atoms with Gasteiger partial charge < -0.3 is 14.4 Å². The van der Waals surface area contributed by atoms with Crippen LogP contribution >= 0.6 is 30.7 Å². The van der Waals surface area contributed by atoms with E-state index in [4.69, 9.17) is 9.05 Å². The van der Waals surface area contributed by atoms with Gasteiger partial charge >= 0.3 is 7.60 Å². The first kappa shape index (κ1) is 18.7. The zero-order valence-electron chi connectivity index (χ0n) is 14.1. The molecule has 2 aliphatic heterocycles. The SMILES string of the molecule is COP(=O)(OC)C1=C(C)CS[C@@H]2[C@H](NC(=O)Cc3cccs3)C(=O)N12. The fourth-order valence-electron chi connectivity index (χ4n) is 2.88. The Morgan fingerprint density at radius 3 is 2.76 bits per heavy atom. The molecule has 10 heteroatoms. The van der Waals surface area contributed by atoms with Crippen molar-refractivity contribution in [3.63, 3.8) is 0 Å². The molecule has 25 heavy (non-hydrogen) atoms. The van der Waals surface area contributed by atoms with E-state index in [1.165, 1.54) is 42.2 Å². The molecule has 1 N–H and O–H groups in total. The maximum absolute atomic E-state index is 12.8. The summed E-state index contributed by atoms with van der Waals surface area (Å²) in [5.41, 5.74) is 1.08. The van der Waals surface area contributed by atoms with Crippen LogP contribution in [0.1, 0.15) is 11.8 Å². The Balaban J connectivity index is 1.74. The van der Waals surface area contributed by atoms with Crippen LogP contribution in [0.3, 0.4) is 0 Å². The lowest BCUT2D eigenvalue weighted by molar-refractivity contribution is -0.145. The molecular formula is C15H19N2O5PS2. The van der Waals surface area contributed by atoms with Crippen molar-refractivity contribution in [2.45, 2.75) is 24.8 Å². The van der Waals surface area contributed by atoms with Gasteiger partial charge in [0.1, 0.15) is 16.9 Å². The highest BCUT2D eigenvalue weighted by atomic mass is 32.2. The average molecular weight is 402 g/mol. The van der Waals surface area contributed by atoms with Crippen molar-refractivity contribution < 1.29 is 23.2 Å². The standard InChI is InChI=1S/C15H19N2O5PS2/c1-9-8-25-15-12(16-11(18)7-10-5-4-6-24-10)13(19)17(15)14(9)23(20,21-2)22-3/h4-6,12,15H,7-8H2,1-3H3,(H,16,18)/t12-,15-/m1/s1. The van der Waals surface area contributed by atoms with Gasteiger partial charge in [0.25, 0.3) is 5.91 Å². The Labute approximate surface area is 154 Å². The summed E-state index contributed by atoms with van der Waals surface area (Å²) in [6, 6.07) is 3.14. The van der Waals surface area contributed by atoms with E-state index in [9.17, 15) is 14.2 Å². The van der Waals surface area contributed by atoms with Crippen molar-refractivity contribution in [2.24, 2.45) is 0 Å². The second kappa shape index (κ2) is 7.25. The van der Waals surface area contributed by atoms with Crippen LogP contribution < -0.4 is 5.32 Å². The van der Waals surface area contributed by atoms with E-state index in [1.807, 2.05) is 17.5 Å². The molecule has 0 radical (unpaired) electrons. The number of amides is 2. The average Bonchev–Trinajstić information content (AvgIpc) is 3.11.